The summed E-state index contributed by atoms with van der Waals surface area (Å²) in [5, 5.41) is 4.62. The minimum Gasteiger partial charge on any atom is -0.481 e. The van der Waals surface area contributed by atoms with Crippen LogP contribution in [0.1, 0.15) is 12.5 Å². The number of rotatable bonds is 9. The second-order valence-electron chi connectivity index (χ2n) is 5.32. The van der Waals surface area contributed by atoms with Crippen LogP contribution in [0, 0.1) is 3.57 Å². The van der Waals surface area contributed by atoms with E-state index in [1.165, 1.54) is 11.8 Å². The molecule has 0 fully saturated rings. The van der Waals surface area contributed by atoms with E-state index in [4.69, 9.17) is 21.1 Å². The van der Waals surface area contributed by atoms with Crippen molar-refractivity contribution < 1.29 is 19.1 Å². The lowest BCUT2D eigenvalue weighted by atomic mass is 10.2. The van der Waals surface area contributed by atoms with Crippen molar-refractivity contribution in [2.75, 3.05) is 19.0 Å². The number of hydrogen-bond donors (Lipinski definition) is 1. The first-order valence-corrected chi connectivity index (χ1v) is 10.7. The molecule has 0 aromatic heterocycles. The molecule has 1 amide bonds. The number of thioether (sulfide) groups is 1. The molecule has 28 heavy (non-hydrogen) atoms. The fourth-order valence-electron chi connectivity index (χ4n) is 1.94. The average Bonchev–Trinajstić information content (AvgIpc) is 2.67. The number of carbonyl (C=O) groups excluding carboxylic acids is 2. The van der Waals surface area contributed by atoms with Gasteiger partial charge in [-0.2, -0.15) is 5.10 Å². The molecular weight excluding hydrogens is 515 g/mol. The fourth-order valence-corrected chi connectivity index (χ4v) is 3.46. The van der Waals surface area contributed by atoms with Crippen LogP contribution < -0.4 is 10.2 Å². The lowest BCUT2D eigenvalue weighted by Gasteiger charge is -2.08. The predicted molar refractivity (Wildman–Crippen MR) is 119 cm³/mol. The van der Waals surface area contributed by atoms with Crippen LogP contribution in [0.5, 0.6) is 5.75 Å². The van der Waals surface area contributed by atoms with Gasteiger partial charge >= 0.3 is 5.97 Å². The number of benzene rings is 2. The summed E-state index contributed by atoms with van der Waals surface area (Å²) in [6.45, 7) is 1.92. The molecule has 0 aliphatic heterocycles. The highest BCUT2D eigenvalue weighted by Gasteiger charge is 2.07. The average molecular weight is 533 g/mol. The summed E-state index contributed by atoms with van der Waals surface area (Å²) in [6.07, 6.45) is 1.54. The van der Waals surface area contributed by atoms with E-state index in [9.17, 15) is 9.59 Å². The summed E-state index contributed by atoms with van der Waals surface area (Å²) in [5.41, 5.74) is 3.28. The molecule has 6 nitrogen and oxygen atoms in total. The van der Waals surface area contributed by atoms with Crippen LogP contribution in [-0.4, -0.2) is 37.1 Å². The molecule has 9 heteroatoms. The molecular formula is C19H18ClIN2O4S. The van der Waals surface area contributed by atoms with E-state index in [0.717, 1.165) is 14.0 Å². The molecule has 0 saturated carbocycles. The molecule has 0 radical (unpaired) electrons. The van der Waals surface area contributed by atoms with Crippen LogP contribution in [0.25, 0.3) is 0 Å². The third-order valence-electron chi connectivity index (χ3n) is 3.19. The van der Waals surface area contributed by atoms with Crippen molar-refractivity contribution in [2.24, 2.45) is 5.10 Å². The fraction of sp³-hybridized carbons (Fsp3) is 0.211. The van der Waals surface area contributed by atoms with E-state index in [-0.39, 0.29) is 18.3 Å². The zero-order chi connectivity index (χ0) is 20.4. The SMILES string of the molecule is CCOC(=O)COc1ccc(/C=N\NC(=O)CSc2ccc(Cl)cc2)cc1I. The number of esters is 1. The second-order valence-corrected chi connectivity index (χ2v) is 7.97. The zero-order valence-electron chi connectivity index (χ0n) is 15.0. The first-order chi connectivity index (χ1) is 13.5. The maximum absolute atomic E-state index is 11.9. The first-order valence-electron chi connectivity index (χ1n) is 8.26. The molecule has 0 heterocycles. The molecule has 0 spiro atoms. The van der Waals surface area contributed by atoms with Crippen molar-refractivity contribution in [2.45, 2.75) is 11.8 Å². The highest BCUT2D eigenvalue weighted by molar-refractivity contribution is 14.1. The van der Waals surface area contributed by atoms with Gasteiger partial charge in [0.2, 0.25) is 5.91 Å². The van der Waals surface area contributed by atoms with Gasteiger partial charge in [-0.1, -0.05) is 11.6 Å². The lowest BCUT2D eigenvalue weighted by Crippen LogP contribution is -2.19. The number of hydrogen-bond acceptors (Lipinski definition) is 6. The lowest BCUT2D eigenvalue weighted by molar-refractivity contribution is -0.145. The molecule has 0 saturated heterocycles. The molecule has 0 aliphatic rings. The van der Waals surface area contributed by atoms with Crippen molar-refractivity contribution in [3.05, 3.63) is 56.6 Å². The second kappa shape index (κ2) is 11.9. The van der Waals surface area contributed by atoms with Gasteiger partial charge in [-0.05, 0) is 77.5 Å². The minimum absolute atomic E-state index is 0.140. The molecule has 1 N–H and O–H groups in total. The Hall–Kier alpha value is -1.78. The first kappa shape index (κ1) is 22.5. The van der Waals surface area contributed by atoms with E-state index in [1.807, 2.05) is 18.2 Å². The Bertz CT molecular complexity index is 846. The third kappa shape index (κ3) is 8.07. The number of nitrogens with zero attached hydrogens (tertiary/aromatic N) is 1. The van der Waals surface area contributed by atoms with Gasteiger partial charge in [-0.15, -0.1) is 11.8 Å². The Balaban J connectivity index is 1.79. The van der Waals surface area contributed by atoms with Crippen molar-refractivity contribution >= 4 is 64.0 Å². The van der Waals surface area contributed by atoms with Crippen LogP contribution in [0.3, 0.4) is 0 Å². The molecule has 0 aliphatic carbocycles. The van der Waals surface area contributed by atoms with Crippen LogP contribution in [0.2, 0.25) is 5.02 Å². The van der Waals surface area contributed by atoms with Crippen molar-refractivity contribution in [3.63, 3.8) is 0 Å². The number of ether oxygens (including phenoxy) is 2. The largest absolute Gasteiger partial charge is 0.481 e. The molecule has 0 atom stereocenters. The standard InChI is InChI=1S/C19H18ClIN2O4S/c1-2-26-19(25)11-27-17-8-3-13(9-16(17)21)10-22-23-18(24)12-28-15-6-4-14(20)5-7-15/h3-10H,2,11-12H2,1H3,(H,23,24)/b22-10-. The minimum atomic E-state index is -0.414. The van der Waals surface area contributed by atoms with Gasteiger partial charge < -0.3 is 9.47 Å². The van der Waals surface area contributed by atoms with E-state index in [1.54, 1.807) is 37.4 Å². The number of nitrogens with one attached hydrogen (secondary N) is 1. The summed E-state index contributed by atoms with van der Waals surface area (Å²) >= 11 is 9.33. The van der Waals surface area contributed by atoms with E-state index >= 15 is 0 Å². The van der Waals surface area contributed by atoms with Gasteiger partial charge in [0.05, 0.1) is 22.1 Å². The summed E-state index contributed by atoms with van der Waals surface area (Å²) < 4.78 is 11.1. The predicted octanol–water partition coefficient (Wildman–Crippen LogP) is 4.13. The molecule has 0 bridgehead atoms. The Morgan fingerprint density at radius 2 is 2.00 bits per heavy atom. The van der Waals surface area contributed by atoms with Gasteiger partial charge in [0.25, 0.3) is 0 Å². The molecule has 0 unspecified atom stereocenters. The van der Waals surface area contributed by atoms with Gasteiger partial charge in [-0.25, -0.2) is 10.2 Å². The Kier molecular flexibility index (Phi) is 9.59. The summed E-state index contributed by atoms with van der Waals surface area (Å²) in [7, 11) is 0. The van der Waals surface area contributed by atoms with Gasteiger partial charge in [-0.3, -0.25) is 4.79 Å². The van der Waals surface area contributed by atoms with E-state index in [0.29, 0.717) is 17.4 Å². The molecule has 148 valence electrons. The molecule has 2 aromatic rings. The Morgan fingerprint density at radius 1 is 1.25 bits per heavy atom. The van der Waals surface area contributed by atoms with Gasteiger partial charge in [0.1, 0.15) is 5.75 Å². The van der Waals surface area contributed by atoms with E-state index < -0.39 is 5.97 Å². The molecule has 2 rings (SSSR count). The summed E-state index contributed by atoms with van der Waals surface area (Å²) in [5.74, 6) is 0.203. The number of amides is 1. The van der Waals surface area contributed by atoms with Crippen LogP contribution in [-0.2, 0) is 14.3 Å². The third-order valence-corrected chi connectivity index (χ3v) is 5.30. The van der Waals surface area contributed by atoms with E-state index in [2.05, 4.69) is 33.1 Å². The summed E-state index contributed by atoms with van der Waals surface area (Å²) in [6, 6.07) is 12.6. The summed E-state index contributed by atoms with van der Waals surface area (Å²) in [4.78, 5) is 24.2. The number of carbonyl (C=O) groups is 2. The highest BCUT2D eigenvalue weighted by atomic mass is 127. The Labute approximate surface area is 186 Å². The maximum Gasteiger partial charge on any atom is 0.344 e. The highest BCUT2D eigenvalue weighted by Crippen LogP contribution is 2.22. The van der Waals surface area contributed by atoms with Crippen molar-refractivity contribution in [3.8, 4) is 5.75 Å². The number of halogens is 2. The van der Waals surface area contributed by atoms with Crippen LogP contribution in [0.15, 0.2) is 52.5 Å². The van der Waals surface area contributed by atoms with Crippen LogP contribution in [0.4, 0.5) is 0 Å². The zero-order valence-corrected chi connectivity index (χ0v) is 18.7. The van der Waals surface area contributed by atoms with Gasteiger partial charge in [0.15, 0.2) is 6.61 Å². The smallest absolute Gasteiger partial charge is 0.344 e. The van der Waals surface area contributed by atoms with Gasteiger partial charge in [0, 0.05) is 9.92 Å². The quantitative estimate of drug-likeness (QED) is 0.173. The normalized spacial score (nSPS) is 10.7. The Morgan fingerprint density at radius 3 is 2.68 bits per heavy atom. The maximum atomic E-state index is 11.9. The molecule has 2 aromatic carbocycles. The van der Waals surface area contributed by atoms with Crippen LogP contribution >= 0.6 is 46.0 Å². The van der Waals surface area contributed by atoms with Crippen molar-refractivity contribution in [1.82, 2.24) is 5.43 Å². The number of hydrazone groups is 1. The monoisotopic (exact) mass is 532 g/mol. The topological polar surface area (TPSA) is 77.0 Å². The van der Waals surface area contributed by atoms with Crippen molar-refractivity contribution in [1.29, 1.82) is 0 Å².